The first kappa shape index (κ1) is 9.45. The third-order valence-electron chi connectivity index (χ3n) is 1.23. The fraction of sp³-hybridized carbons (Fsp3) is 0.714. The lowest BCUT2D eigenvalue weighted by Crippen LogP contribution is -1.92. The van der Waals surface area contributed by atoms with Gasteiger partial charge in [-0.1, -0.05) is 0 Å². The Labute approximate surface area is 65.8 Å². The second kappa shape index (κ2) is 5.25. The number of carbonyl (C=O) groups excluding carboxylic acids is 1. The van der Waals surface area contributed by atoms with Gasteiger partial charge in [0.15, 0.2) is 0 Å². The number of rotatable bonds is 4. The molecule has 56 valence electrons. The SMILES string of the molecule is CC(C#N)CCCC(=O)Cl. The van der Waals surface area contributed by atoms with Crippen LogP contribution in [-0.4, -0.2) is 5.24 Å². The summed E-state index contributed by atoms with van der Waals surface area (Å²) in [6.07, 6.45) is 1.86. The van der Waals surface area contributed by atoms with Gasteiger partial charge in [0.2, 0.25) is 5.24 Å². The number of nitrogens with zero attached hydrogens (tertiary/aromatic N) is 1. The predicted octanol–water partition coefficient (Wildman–Crippen LogP) is 2.08. The van der Waals surface area contributed by atoms with Crippen LogP contribution in [-0.2, 0) is 4.79 Å². The van der Waals surface area contributed by atoms with Crippen molar-refractivity contribution in [2.24, 2.45) is 5.92 Å². The number of halogens is 1. The van der Waals surface area contributed by atoms with Crippen LogP contribution in [0.15, 0.2) is 0 Å². The van der Waals surface area contributed by atoms with Gasteiger partial charge in [-0.3, -0.25) is 4.79 Å². The number of carbonyl (C=O) groups is 1. The fourth-order valence-electron chi connectivity index (χ4n) is 0.612. The molecule has 0 rings (SSSR count). The van der Waals surface area contributed by atoms with E-state index in [4.69, 9.17) is 16.9 Å². The molecule has 3 heteroatoms. The Kier molecular flexibility index (Phi) is 4.96. The van der Waals surface area contributed by atoms with E-state index in [9.17, 15) is 4.79 Å². The average Bonchev–Trinajstić information content (AvgIpc) is 1.87. The molecule has 0 amide bonds. The average molecular weight is 160 g/mol. The molecular weight excluding hydrogens is 150 g/mol. The first-order chi connectivity index (χ1) is 4.66. The Bertz CT molecular complexity index is 150. The van der Waals surface area contributed by atoms with Gasteiger partial charge in [-0.15, -0.1) is 0 Å². The Morgan fingerprint density at radius 2 is 2.40 bits per heavy atom. The Hall–Kier alpha value is -0.550. The number of hydrogen-bond donors (Lipinski definition) is 0. The minimum Gasteiger partial charge on any atom is -0.281 e. The first-order valence-corrected chi connectivity index (χ1v) is 3.62. The number of hydrogen-bond acceptors (Lipinski definition) is 2. The van der Waals surface area contributed by atoms with Crippen LogP contribution < -0.4 is 0 Å². The summed E-state index contributed by atoms with van der Waals surface area (Å²) in [7, 11) is 0. The molecule has 0 N–H and O–H groups in total. The molecule has 10 heavy (non-hydrogen) atoms. The third-order valence-corrected chi connectivity index (χ3v) is 1.42. The van der Waals surface area contributed by atoms with Gasteiger partial charge in [-0.05, 0) is 31.4 Å². The van der Waals surface area contributed by atoms with E-state index in [2.05, 4.69) is 6.07 Å². The Morgan fingerprint density at radius 1 is 1.80 bits per heavy atom. The summed E-state index contributed by atoms with van der Waals surface area (Å²) in [6.45, 7) is 1.83. The van der Waals surface area contributed by atoms with E-state index in [1.807, 2.05) is 6.92 Å². The second-order valence-corrected chi connectivity index (χ2v) is 2.70. The van der Waals surface area contributed by atoms with Gasteiger partial charge < -0.3 is 0 Å². The largest absolute Gasteiger partial charge is 0.281 e. The highest BCUT2D eigenvalue weighted by atomic mass is 35.5. The van der Waals surface area contributed by atoms with Gasteiger partial charge in [0, 0.05) is 12.3 Å². The molecule has 0 bridgehead atoms. The summed E-state index contributed by atoms with van der Waals surface area (Å²) >= 11 is 5.08. The van der Waals surface area contributed by atoms with Gasteiger partial charge in [0.25, 0.3) is 0 Å². The van der Waals surface area contributed by atoms with Crippen molar-refractivity contribution >= 4 is 16.8 Å². The maximum absolute atomic E-state index is 10.2. The molecule has 1 atom stereocenters. The minimum atomic E-state index is -0.315. The molecule has 0 aliphatic carbocycles. The molecule has 0 saturated heterocycles. The van der Waals surface area contributed by atoms with Crippen molar-refractivity contribution in [1.82, 2.24) is 0 Å². The van der Waals surface area contributed by atoms with Crippen LogP contribution in [0, 0.1) is 17.2 Å². The zero-order chi connectivity index (χ0) is 7.98. The van der Waals surface area contributed by atoms with E-state index in [-0.39, 0.29) is 11.2 Å². The summed E-state index contributed by atoms with van der Waals surface area (Å²) in [4.78, 5) is 10.2. The van der Waals surface area contributed by atoms with Crippen LogP contribution in [0.25, 0.3) is 0 Å². The van der Waals surface area contributed by atoms with E-state index in [0.717, 1.165) is 12.8 Å². The van der Waals surface area contributed by atoms with Gasteiger partial charge in [0.1, 0.15) is 0 Å². The third kappa shape index (κ3) is 5.58. The highest BCUT2D eigenvalue weighted by molar-refractivity contribution is 6.63. The molecule has 0 spiro atoms. The van der Waals surface area contributed by atoms with E-state index in [1.54, 1.807) is 0 Å². The topological polar surface area (TPSA) is 40.9 Å². The van der Waals surface area contributed by atoms with Gasteiger partial charge >= 0.3 is 0 Å². The highest BCUT2D eigenvalue weighted by Gasteiger charge is 2.00. The van der Waals surface area contributed by atoms with Crippen molar-refractivity contribution in [3.05, 3.63) is 0 Å². The lowest BCUT2D eigenvalue weighted by Gasteiger charge is -1.97. The van der Waals surface area contributed by atoms with Crippen LogP contribution in [0.3, 0.4) is 0 Å². The van der Waals surface area contributed by atoms with Crippen LogP contribution in [0.2, 0.25) is 0 Å². The molecule has 0 aromatic rings. The second-order valence-electron chi connectivity index (χ2n) is 2.28. The zero-order valence-corrected chi connectivity index (χ0v) is 6.69. The number of nitriles is 1. The van der Waals surface area contributed by atoms with Crippen molar-refractivity contribution in [2.45, 2.75) is 26.2 Å². The van der Waals surface area contributed by atoms with Crippen LogP contribution in [0.4, 0.5) is 0 Å². The monoisotopic (exact) mass is 159 g/mol. The van der Waals surface area contributed by atoms with E-state index in [0.29, 0.717) is 6.42 Å². The lowest BCUT2D eigenvalue weighted by atomic mass is 10.1. The van der Waals surface area contributed by atoms with Crippen LogP contribution >= 0.6 is 11.6 Å². The van der Waals surface area contributed by atoms with Crippen molar-refractivity contribution in [1.29, 1.82) is 5.26 Å². The van der Waals surface area contributed by atoms with E-state index in [1.165, 1.54) is 0 Å². The van der Waals surface area contributed by atoms with Crippen LogP contribution in [0.1, 0.15) is 26.2 Å². The van der Waals surface area contributed by atoms with Crippen molar-refractivity contribution < 1.29 is 4.79 Å². The van der Waals surface area contributed by atoms with Gasteiger partial charge in [-0.25, -0.2) is 0 Å². The standard InChI is InChI=1S/C7H10ClNO/c1-6(5-9)3-2-4-7(8)10/h6H,2-4H2,1H3. The fourth-order valence-corrected chi connectivity index (χ4v) is 0.745. The summed E-state index contributed by atoms with van der Waals surface area (Å²) in [6, 6.07) is 2.08. The van der Waals surface area contributed by atoms with E-state index < -0.39 is 0 Å². The van der Waals surface area contributed by atoms with Gasteiger partial charge in [0.05, 0.1) is 6.07 Å². The van der Waals surface area contributed by atoms with Crippen molar-refractivity contribution in [3.63, 3.8) is 0 Å². The molecule has 0 aliphatic heterocycles. The molecule has 0 radical (unpaired) electrons. The first-order valence-electron chi connectivity index (χ1n) is 3.24. The van der Waals surface area contributed by atoms with Crippen LogP contribution in [0.5, 0.6) is 0 Å². The van der Waals surface area contributed by atoms with E-state index >= 15 is 0 Å². The van der Waals surface area contributed by atoms with Gasteiger partial charge in [-0.2, -0.15) is 5.26 Å². The molecule has 0 heterocycles. The molecule has 2 nitrogen and oxygen atoms in total. The minimum absolute atomic E-state index is 0.0380. The molecule has 0 aliphatic rings. The highest BCUT2D eigenvalue weighted by Crippen LogP contribution is 2.07. The molecule has 0 saturated carbocycles. The molecular formula is C7H10ClNO. The predicted molar refractivity (Wildman–Crippen MR) is 39.5 cm³/mol. The summed E-state index contributed by atoms with van der Waals surface area (Å²) in [5.41, 5.74) is 0. The molecule has 1 unspecified atom stereocenters. The maximum Gasteiger partial charge on any atom is 0.221 e. The smallest absolute Gasteiger partial charge is 0.221 e. The maximum atomic E-state index is 10.2. The summed E-state index contributed by atoms with van der Waals surface area (Å²) in [5, 5.41) is 8.02. The molecule has 0 aromatic heterocycles. The molecule has 0 aromatic carbocycles. The zero-order valence-electron chi connectivity index (χ0n) is 5.93. The van der Waals surface area contributed by atoms with Crippen molar-refractivity contribution in [2.75, 3.05) is 0 Å². The Balaban J connectivity index is 3.22. The quantitative estimate of drug-likeness (QED) is 0.590. The Morgan fingerprint density at radius 3 is 2.80 bits per heavy atom. The molecule has 0 fully saturated rings. The summed E-state index contributed by atoms with van der Waals surface area (Å²) < 4.78 is 0. The normalized spacial score (nSPS) is 12.1. The van der Waals surface area contributed by atoms with Crippen molar-refractivity contribution in [3.8, 4) is 6.07 Å². The lowest BCUT2D eigenvalue weighted by molar-refractivity contribution is -0.111. The summed E-state index contributed by atoms with van der Waals surface area (Å²) in [5.74, 6) is 0.0380.